The standard InChI is InChI=1S/C20H24.2C6H5ClO.Zr/c1-2-6-18-12-15(11-17(18)5-1)9-10-16-13-19-7-3-4-8-20(19)14-16;2*7-5-1-3-6(8)4-2-5;/h11-14H,1-10H2;2*1-4,8H;/q-2;;;+2. The first-order chi connectivity index (χ1) is 17.5. The smallest absolute Gasteiger partial charge is 0.508 e. The van der Waals surface area contributed by atoms with E-state index in [1.54, 1.807) is 81.9 Å². The molecule has 0 atom stereocenters. The molecule has 0 heterocycles. The number of rotatable bonds is 3. The van der Waals surface area contributed by atoms with Crippen molar-refractivity contribution in [2.24, 2.45) is 0 Å². The fourth-order valence-corrected chi connectivity index (χ4v) is 5.25. The van der Waals surface area contributed by atoms with Gasteiger partial charge in [0.25, 0.3) is 0 Å². The maximum Gasteiger partial charge on any atom is 2.00 e. The number of aromatic hydroxyl groups is 2. The van der Waals surface area contributed by atoms with Crippen molar-refractivity contribution in [2.45, 2.75) is 64.2 Å². The van der Waals surface area contributed by atoms with Gasteiger partial charge in [0.2, 0.25) is 0 Å². The molecule has 0 saturated carbocycles. The molecule has 5 heteroatoms. The fraction of sp³-hybridized carbons (Fsp3) is 0.312. The van der Waals surface area contributed by atoms with Crippen molar-refractivity contribution in [1.29, 1.82) is 0 Å². The SMILES string of the molecule is Oc1ccc(Cl)cc1.Oc1ccc(Cl)cc1.[Zr+2].c1c(CCc2cc3c([cH-]2)CCCC3)[cH-]c2c1CCCC2. The van der Waals surface area contributed by atoms with E-state index < -0.39 is 0 Å². The molecular weight excluding hydrogens is 578 g/mol. The van der Waals surface area contributed by atoms with Crippen molar-refractivity contribution < 1.29 is 36.4 Å². The summed E-state index contributed by atoms with van der Waals surface area (Å²) in [6.45, 7) is 0. The third-order valence-corrected chi connectivity index (χ3v) is 7.41. The van der Waals surface area contributed by atoms with Gasteiger partial charge in [0.15, 0.2) is 0 Å². The van der Waals surface area contributed by atoms with Crippen molar-refractivity contribution in [1.82, 2.24) is 0 Å². The fourth-order valence-electron chi connectivity index (χ4n) is 5.00. The molecule has 0 unspecified atom stereocenters. The molecule has 0 aliphatic heterocycles. The second-order valence-electron chi connectivity index (χ2n) is 9.70. The summed E-state index contributed by atoms with van der Waals surface area (Å²) in [5.74, 6) is 0.490. The predicted octanol–water partition coefficient (Wildman–Crippen LogP) is 8.76. The van der Waals surface area contributed by atoms with Gasteiger partial charge in [-0.25, -0.2) is 12.1 Å². The average Bonchev–Trinajstić information content (AvgIpc) is 3.50. The van der Waals surface area contributed by atoms with E-state index >= 15 is 0 Å². The van der Waals surface area contributed by atoms with Crippen LogP contribution < -0.4 is 0 Å². The quantitative estimate of drug-likeness (QED) is 0.227. The third kappa shape index (κ3) is 9.47. The van der Waals surface area contributed by atoms with Gasteiger partial charge < -0.3 is 10.2 Å². The number of aryl methyl sites for hydroxylation is 6. The summed E-state index contributed by atoms with van der Waals surface area (Å²) in [4.78, 5) is 0. The summed E-state index contributed by atoms with van der Waals surface area (Å²) in [6.07, 6.45) is 13.3. The monoisotopic (exact) mass is 610 g/mol. The minimum absolute atomic E-state index is 0. The Hall–Kier alpha value is -1.80. The molecule has 0 aromatic heterocycles. The van der Waals surface area contributed by atoms with Crippen LogP contribution in [0.2, 0.25) is 10.0 Å². The van der Waals surface area contributed by atoms with Crippen LogP contribution in [0.5, 0.6) is 11.5 Å². The van der Waals surface area contributed by atoms with Gasteiger partial charge in [0.05, 0.1) is 0 Å². The molecular formula is C32H34Cl2O2Zr. The van der Waals surface area contributed by atoms with Crippen LogP contribution in [0.15, 0.2) is 72.8 Å². The molecule has 0 bridgehead atoms. The van der Waals surface area contributed by atoms with Gasteiger partial charge in [-0.05, 0) is 61.4 Å². The largest absolute Gasteiger partial charge is 2.00 e. The van der Waals surface area contributed by atoms with E-state index in [1.807, 2.05) is 0 Å². The molecule has 4 aromatic rings. The summed E-state index contributed by atoms with van der Waals surface area (Å²) >= 11 is 11.0. The minimum Gasteiger partial charge on any atom is -0.508 e. The van der Waals surface area contributed by atoms with E-state index in [0.717, 1.165) is 0 Å². The van der Waals surface area contributed by atoms with E-state index in [9.17, 15) is 0 Å². The summed E-state index contributed by atoms with van der Waals surface area (Å²) in [5.41, 5.74) is 9.74. The van der Waals surface area contributed by atoms with Crippen LogP contribution in [0.4, 0.5) is 0 Å². The van der Waals surface area contributed by atoms with Gasteiger partial charge in [-0.2, -0.15) is 45.5 Å². The van der Waals surface area contributed by atoms with E-state index in [-0.39, 0.29) is 37.7 Å². The van der Waals surface area contributed by atoms with Crippen LogP contribution >= 0.6 is 23.2 Å². The molecule has 2 nitrogen and oxygen atoms in total. The normalized spacial score (nSPS) is 13.6. The maximum absolute atomic E-state index is 8.70. The van der Waals surface area contributed by atoms with Crippen molar-refractivity contribution in [3.63, 3.8) is 0 Å². The van der Waals surface area contributed by atoms with Crippen LogP contribution in [0.1, 0.15) is 59.1 Å². The van der Waals surface area contributed by atoms with Crippen molar-refractivity contribution in [3.05, 3.63) is 116 Å². The van der Waals surface area contributed by atoms with Crippen LogP contribution in [0.25, 0.3) is 0 Å². The average molecular weight is 613 g/mol. The van der Waals surface area contributed by atoms with Crippen molar-refractivity contribution >= 4 is 23.2 Å². The molecule has 0 fully saturated rings. The number of phenols is 2. The molecule has 2 aliphatic carbocycles. The molecule has 0 saturated heterocycles. The van der Waals surface area contributed by atoms with Crippen LogP contribution in [-0.4, -0.2) is 10.2 Å². The summed E-state index contributed by atoms with van der Waals surface area (Å²) in [7, 11) is 0. The van der Waals surface area contributed by atoms with E-state index in [1.165, 1.54) is 64.2 Å². The molecule has 37 heavy (non-hydrogen) atoms. The van der Waals surface area contributed by atoms with Crippen LogP contribution in [-0.2, 0) is 64.7 Å². The van der Waals surface area contributed by atoms with E-state index in [0.29, 0.717) is 10.0 Å². The first-order valence-electron chi connectivity index (χ1n) is 12.9. The Morgan fingerprint density at radius 3 is 1.24 bits per heavy atom. The predicted molar refractivity (Wildman–Crippen MR) is 151 cm³/mol. The van der Waals surface area contributed by atoms with Gasteiger partial charge >= 0.3 is 26.2 Å². The molecule has 2 aliphatic rings. The van der Waals surface area contributed by atoms with Gasteiger partial charge in [-0.3, -0.25) is 0 Å². The zero-order valence-corrected chi connectivity index (χ0v) is 25.1. The maximum atomic E-state index is 8.70. The molecule has 2 N–H and O–H groups in total. The number of benzene rings is 2. The van der Waals surface area contributed by atoms with Crippen LogP contribution in [0, 0.1) is 0 Å². The number of fused-ring (bicyclic) bond motifs is 2. The summed E-state index contributed by atoms with van der Waals surface area (Å²) in [5, 5.41) is 18.7. The summed E-state index contributed by atoms with van der Waals surface area (Å²) < 4.78 is 0. The third-order valence-electron chi connectivity index (χ3n) is 6.90. The van der Waals surface area contributed by atoms with E-state index in [2.05, 4.69) is 24.3 Å². The second kappa shape index (κ2) is 15.0. The molecule has 192 valence electrons. The summed E-state index contributed by atoms with van der Waals surface area (Å²) in [6, 6.07) is 22.7. The number of hydrogen-bond donors (Lipinski definition) is 2. The zero-order valence-electron chi connectivity index (χ0n) is 21.1. The van der Waals surface area contributed by atoms with Crippen molar-refractivity contribution in [2.75, 3.05) is 0 Å². The molecule has 0 amide bonds. The Kier molecular flexibility index (Phi) is 12.0. The molecule has 4 aromatic carbocycles. The van der Waals surface area contributed by atoms with E-state index in [4.69, 9.17) is 33.4 Å². The van der Waals surface area contributed by atoms with Gasteiger partial charge in [0.1, 0.15) is 11.5 Å². The first kappa shape index (κ1) is 29.8. The Morgan fingerprint density at radius 2 is 0.919 bits per heavy atom. The van der Waals surface area contributed by atoms with Gasteiger partial charge in [0, 0.05) is 10.0 Å². The Bertz CT molecular complexity index is 1040. The topological polar surface area (TPSA) is 40.5 Å². The number of phenolic OH excluding ortho intramolecular Hbond substituents is 2. The van der Waals surface area contributed by atoms with Gasteiger partial charge in [-0.1, -0.05) is 74.6 Å². The van der Waals surface area contributed by atoms with Crippen LogP contribution in [0.3, 0.4) is 0 Å². The number of hydrogen-bond acceptors (Lipinski definition) is 2. The first-order valence-corrected chi connectivity index (χ1v) is 13.7. The Morgan fingerprint density at radius 1 is 0.568 bits per heavy atom. The zero-order chi connectivity index (χ0) is 25.3. The molecule has 6 rings (SSSR count). The molecule has 0 radical (unpaired) electrons. The Labute approximate surface area is 250 Å². The number of halogens is 2. The molecule has 0 spiro atoms. The van der Waals surface area contributed by atoms with Crippen molar-refractivity contribution in [3.8, 4) is 11.5 Å². The van der Waals surface area contributed by atoms with Gasteiger partial charge in [-0.15, -0.1) is 0 Å². The second-order valence-corrected chi connectivity index (χ2v) is 10.6. The minimum atomic E-state index is 0. The Balaban J connectivity index is 0.000000186.